The van der Waals surface area contributed by atoms with Crippen LogP contribution < -0.4 is 10.1 Å². The predicted octanol–water partition coefficient (Wildman–Crippen LogP) is 4.74. The minimum Gasteiger partial charge on any atom is -0.457 e. The van der Waals surface area contributed by atoms with Gasteiger partial charge in [-0.25, -0.2) is 9.97 Å². The van der Waals surface area contributed by atoms with Crippen LogP contribution in [-0.4, -0.2) is 22.4 Å². The number of para-hydroxylation sites is 2. The molecule has 1 aliphatic rings. The van der Waals surface area contributed by atoms with Crippen molar-refractivity contribution in [2.24, 2.45) is 0 Å². The number of aromatic nitrogens is 2. The van der Waals surface area contributed by atoms with Gasteiger partial charge in [-0.05, 0) is 24.1 Å². The maximum Gasteiger partial charge on any atom is 0.232 e. The number of fused-ring (bicyclic) bond motifs is 2. The van der Waals surface area contributed by atoms with E-state index in [1.165, 1.54) is 0 Å². The molecule has 0 saturated heterocycles. The second-order valence-corrected chi connectivity index (χ2v) is 7.43. The molecule has 1 amide bonds. The lowest BCUT2D eigenvalue weighted by atomic mass is 9.87. The Labute approximate surface area is 180 Å². The highest BCUT2D eigenvalue weighted by atomic mass is 16.5. The van der Waals surface area contributed by atoms with Gasteiger partial charge in [-0.3, -0.25) is 4.79 Å². The van der Waals surface area contributed by atoms with Crippen molar-refractivity contribution in [2.45, 2.75) is 12.3 Å². The molecule has 4 aromatic rings. The maximum atomic E-state index is 13.2. The molecule has 1 aliphatic heterocycles. The average Bonchev–Trinajstić information content (AvgIpc) is 2.83. The van der Waals surface area contributed by atoms with Crippen molar-refractivity contribution in [3.8, 4) is 22.9 Å². The fourth-order valence-electron chi connectivity index (χ4n) is 3.84. The van der Waals surface area contributed by atoms with Crippen LogP contribution in [-0.2, 0) is 11.2 Å². The minimum absolute atomic E-state index is 0.0370. The highest BCUT2D eigenvalue weighted by Gasteiger charge is 2.32. The van der Waals surface area contributed by atoms with E-state index >= 15 is 0 Å². The molecular weight excluding hydrogens is 386 g/mol. The van der Waals surface area contributed by atoms with Crippen LogP contribution in [0.3, 0.4) is 0 Å². The van der Waals surface area contributed by atoms with Gasteiger partial charge in [-0.1, -0.05) is 66.7 Å². The molecule has 0 saturated carbocycles. The van der Waals surface area contributed by atoms with E-state index in [1.54, 1.807) is 0 Å². The maximum absolute atomic E-state index is 13.2. The zero-order valence-corrected chi connectivity index (χ0v) is 16.9. The molecule has 0 unspecified atom stereocenters. The Morgan fingerprint density at radius 1 is 0.806 bits per heavy atom. The average molecular weight is 407 g/mol. The molecule has 31 heavy (non-hydrogen) atoms. The second kappa shape index (κ2) is 8.40. The highest BCUT2D eigenvalue weighted by molar-refractivity contribution is 5.89. The Balaban J connectivity index is 1.27. The fraction of sp³-hybridized carbons (Fsp3) is 0.115. The normalized spacial score (nSPS) is 12.4. The third-order valence-corrected chi connectivity index (χ3v) is 5.39. The van der Waals surface area contributed by atoms with Gasteiger partial charge in [0.25, 0.3) is 0 Å². The molecule has 1 aromatic heterocycles. The van der Waals surface area contributed by atoms with Crippen LogP contribution >= 0.6 is 0 Å². The van der Waals surface area contributed by atoms with Crippen LogP contribution in [0.5, 0.6) is 11.5 Å². The molecule has 0 fully saturated rings. The Bertz CT molecular complexity index is 1160. The monoisotopic (exact) mass is 407 g/mol. The molecule has 3 aromatic carbocycles. The van der Waals surface area contributed by atoms with Crippen molar-refractivity contribution in [1.82, 2.24) is 15.3 Å². The van der Waals surface area contributed by atoms with Crippen LogP contribution in [0.1, 0.15) is 22.6 Å². The first-order valence-corrected chi connectivity index (χ1v) is 10.3. The molecule has 2 heterocycles. The third-order valence-electron chi connectivity index (χ3n) is 5.39. The zero-order chi connectivity index (χ0) is 21.0. The number of nitrogens with zero attached hydrogens (tertiary/aromatic N) is 2. The van der Waals surface area contributed by atoms with E-state index in [-0.39, 0.29) is 5.91 Å². The van der Waals surface area contributed by atoms with E-state index in [0.29, 0.717) is 18.8 Å². The number of hydrogen-bond donors (Lipinski definition) is 1. The fourth-order valence-corrected chi connectivity index (χ4v) is 3.84. The lowest BCUT2D eigenvalue weighted by molar-refractivity contribution is -0.121. The van der Waals surface area contributed by atoms with Gasteiger partial charge in [-0.2, -0.15) is 0 Å². The molecule has 152 valence electrons. The number of amides is 1. The van der Waals surface area contributed by atoms with Gasteiger partial charge in [0, 0.05) is 35.6 Å². The summed E-state index contributed by atoms with van der Waals surface area (Å²) in [6.45, 7) is 0.508. The molecule has 0 atom stereocenters. The molecular formula is C26H21N3O2. The number of rotatable bonds is 5. The zero-order valence-electron chi connectivity index (χ0n) is 16.9. The molecule has 0 radical (unpaired) electrons. The van der Waals surface area contributed by atoms with Crippen LogP contribution in [0.25, 0.3) is 11.4 Å². The van der Waals surface area contributed by atoms with E-state index in [1.807, 2.05) is 91.3 Å². The Hall–Kier alpha value is -3.99. The van der Waals surface area contributed by atoms with E-state index in [2.05, 4.69) is 15.3 Å². The molecule has 5 nitrogen and oxygen atoms in total. The van der Waals surface area contributed by atoms with Crippen LogP contribution in [0.2, 0.25) is 0 Å². The van der Waals surface area contributed by atoms with Crippen molar-refractivity contribution < 1.29 is 9.53 Å². The second-order valence-electron chi connectivity index (χ2n) is 7.43. The third kappa shape index (κ3) is 3.90. The topological polar surface area (TPSA) is 64.1 Å². The Kier molecular flexibility index (Phi) is 5.15. The Morgan fingerprint density at radius 3 is 2.03 bits per heavy atom. The van der Waals surface area contributed by atoms with Crippen LogP contribution in [0.4, 0.5) is 0 Å². The van der Waals surface area contributed by atoms with Crippen molar-refractivity contribution in [2.75, 3.05) is 6.54 Å². The van der Waals surface area contributed by atoms with Gasteiger partial charge in [0.05, 0.1) is 5.92 Å². The van der Waals surface area contributed by atoms with Crippen molar-refractivity contribution >= 4 is 5.91 Å². The highest BCUT2D eigenvalue weighted by Crippen LogP contribution is 2.43. The molecule has 0 spiro atoms. The first-order chi connectivity index (χ1) is 15.3. The summed E-state index contributed by atoms with van der Waals surface area (Å²) in [5.74, 6) is 1.73. The lowest BCUT2D eigenvalue weighted by Crippen LogP contribution is -2.33. The van der Waals surface area contributed by atoms with E-state index in [4.69, 9.17) is 4.74 Å². The number of carbonyl (C=O) groups is 1. The molecule has 1 N–H and O–H groups in total. The predicted molar refractivity (Wildman–Crippen MR) is 119 cm³/mol. The van der Waals surface area contributed by atoms with Crippen LogP contribution in [0.15, 0.2) is 91.3 Å². The Morgan fingerprint density at radius 2 is 1.39 bits per heavy atom. The minimum atomic E-state index is -0.391. The number of nitrogens with one attached hydrogen (secondary N) is 1. The quantitative estimate of drug-likeness (QED) is 0.519. The number of hydrogen-bond acceptors (Lipinski definition) is 4. The molecule has 0 aliphatic carbocycles. The molecule has 5 rings (SSSR count). The van der Waals surface area contributed by atoms with E-state index < -0.39 is 5.92 Å². The van der Waals surface area contributed by atoms with Crippen molar-refractivity contribution in [3.05, 3.63) is 108 Å². The summed E-state index contributed by atoms with van der Waals surface area (Å²) in [5.41, 5.74) is 3.73. The van der Waals surface area contributed by atoms with Gasteiger partial charge >= 0.3 is 0 Å². The summed E-state index contributed by atoms with van der Waals surface area (Å²) >= 11 is 0. The summed E-state index contributed by atoms with van der Waals surface area (Å²) in [5, 5.41) is 3.08. The van der Waals surface area contributed by atoms with Gasteiger partial charge < -0.3 is 10.1 Å². The first-order valence-electron chi connectivity index (χ1n) is 10.3. The van der Waals surface area contributed by atoms with E-state index in [9.17, 15) is 4.79 Å². The summed E-state index contributed by atoms with van der Waals surface area (Å²) in [6, 6.07) is 25.3. The standard InChI is InChI=1S/C26H21N3O2/c30-26(24-20-10-4-6-12-22(20)31-23-13-7-5-11-21(23)24)27-15-14-18-16-28-25(29-17-18)19-8-2-1-3-9-19/h1-13,16-17,24H,14-15H2,(H,27,30). The van der Waals surface area contributed by atoms with E-state index in [0.717, 1.165) is 33.8 Å². The molecule has 0 bridgehead atoms. The van der Waals surface area contributed by atoms with Gasteiger partial charge in [0.2, 0.25) is 5.91 Å². The largest absolute Gasteiger partial charge is 0.457 e. The van der Waals surface area contributed by atoms with Gasteiger partial charge in [0.1, 0.15) is 11.5 Å². The first kappa shape index (κ1) is 19.0. The number of benzene rings is 3. The van der Waals surface area contributed by atoms with Gasteiger partial charge in [0.15, 0.2) is 5.82 Å². The summed E-state index contributed by atoms with van der Waals surface area (Å²) in [6.07, 6.45) is 4.30. The summed E-state index contributed by atoms with van der Waals surface area (Å²) < 4.78 is 5.98. The number of ether oxygens (including phenoxy) is 1. The van der Waals surface area contributed by atoms with Crippen LogP contribution in [0, 0.1) is 0 Å². The van der Waals surface area contributed by atoms with Gasteiger partial charge in [-0.15, -0.1) is 0 Å². The summed E-state index contributed by atoms with van der Waals surface area (Å²) in [4.78, 5) is 22.1. The summed E-state index contributed by atoms with van der Waals surface area (Å²) in [7, 11) is 0. The van der Waals surface area contributed by atoms with Crippen molar-refractivity contribution in [1.29, 1.82) is 0 Å². The number of carbonyl (C=O) groups excluding carboxylic acids is 1. The van der Waals surface area contributed by atoms with Crippen molar-refractivity contribution in [3.63, 3.8) is 0 Å². The lowest BCUT2D eigenvalue weighted by Gasteiger charge is -2.27. The smallest absolute Gasteiger partial charge is 0.232 e. The molecule has 5 heteroatoms. The SMILES string of the molecule is O=C(NCCc1cnc(-c2ccccc2)nc1)C1c2ccccc2Oc2ccccc21.